The Labute approximate surface area is 346 Å². The quantitative estimate of drug-likeness (QED) is 0.167. The van der Waals surface area contributed by atoms with Gasteiger partial charge in [0, 0.05) is 33.6 Å². The van der Waals surface area contributed by atoms with E-state index in [4.69, 9.17) is 8.83 Å². The molecular weight excluding hydrogens is 729 g/mol. The van der Waals surface area contributed by atoms with Crippen LogP contribution in [0.1, 0.15) is 17.2 Å². The van der Waals surface area contributed by atoms with Crippen molar-refractivity contribution in [2.24, 2.45) is 5.92 Å². The van der Waals surface area contributed by atoms with Gasteiger partial charge in [-0.3, -0.25) is 0 Å². The molecule has 2 heterocycles. The van der Waals surface area contributed by atoms with Gasteiger partial charge in [-0.15, -0.1) is 0 Å². The molecule has 2 atom stereocenters. The van der Waals surface area contributed by atoms with Crippen molar-refractivity contribution < 1.29 is 8.83 Å². The van der Waals surface area contributed by atoms with Crippen molar-refractivity contribution in [3.8, 4) is 44.5 Å². The number of rotatable bonds is 4. The lowest BCUT2D eigenvalue weighted by atomic mass is 9.78. The van der Waals surface area contributed by atoms with E-state index in [2.05, 4.69) is 206 Å². The monoisotopic (exact) mass is 764 g/mol. The third kappa shape index (κ3) is 5.01. The van der Waals surface area contributed by atoms with Crippen molar-refractivity contribution in [3.63, 3.8) is 0 Å². The molecule has 2 aliphatic carbocycles. The number of hydrogen-bond donors (Lipinski definition) is 0. The molecule has 0 saturated heterocycles. The molecule has 0 bridgehead atoms. The average molecular weight is 765 g/mol. The van der Waals surface area contributed by atoms with Crippen LogP contribution in [-0.4, -0.2) is 0 Å². The van der Waals surface area contributed by atoms with E-state index in [-0.39, 0.29) is 0 Å². The highest BCUT2D eigenvalue weighted by molar-refractivity contribution is 6.22. The van der Waals surface area contributed by atoms with Crippen molar-refractivity contribution in [1.82, 2.24) is 0 Å². The van der Waals surface area contributed by atoms with Gasteiger partial charge in [0.05, 0.1) is 0 Å². The van der Waals surface area contributed by atoms with Crippen molar-refractivity contribution in [2.45, 2.75) is 5.92 Å². The number of hydrogen-bond acceptors (Lipinski definition) is 2. The van der Waals surface area contributed by atoms with Gasteiger partial charge in [0.15, 0.2) is 0 Å². The summed E-state index contributed by atoms with van der Waals surface area (Å²) in [6.07, 6.45) is 13.3. The molecule has 2 nitrogen and oxygen atoms in total. The molecule has 280 valence electrons. The fraction of sp³-hybridized carbons (Fsp3) is 0.0345. The molecule has 0 saturated carbocycles. The van der Waals surface area contributed by atoms with E-state index in [0.29, 0.717) is 11.8 Å². The van der Waals surface area contributed by atoms with Crippen LogP contribution >= 0.6 is 0 Å². The van der Waals surface area contributed by atoms with Crippen LogP contribution in [0.3, 0.4) is 0 Å². The summed E-state index contributed by atoms with van der Waals surface area (Å²) in [7, 11) is 0. The number of fused-ring (bicyclic) bond motifs is 12. The van der Waals surface area contributed by atoms with Crippen LogP contribution in [0.25, 0.3) is 116 Å². The van der Waals surface area contributed by atoms with Gasteiger partial charge in [0.1, 0.15) is 22.5 Å². The lowest BCUT2D eigenvalue weighted by molar-refractivity contribution is 0.578. The first-order valence-electron chi connectivity index (χ1n) is 20.8. The molecule has 60 heavy (non-hydrogen) atoms. The number of benzene rings is 9. The molecule has 2 aliphatic rings. The highest BCUT2D eigenvalue weighted by atomic mass is 16.3. The number of allylic oxidation sites excluding steroid dienone is 5. The SMILES string of the molecule is C1=CC2C=Cc3oc4cc(-c5cccc(-c6c7ccccc7c(-c7cccc(-c8ccc9c(c8)oc8ccc%10ccccc%10c89)c7)c7ccccc67)c5)ccc4c3C2C=C1. The molecule has 0 amide bonds. The molecule has 2 aromatic heterocycles. The van der Waals surface area contributed by atoms with E-state index in [0.717, 1.165) is 50.1 Å². The highest BCUT2D eigenvalue weighted by Crippen LogP contribution is 2.47. The molecule has 0 radical (unpaired) electrons. The minimum absolute atomic E-state index is 0.311. The second-order valence-electron chi connectivity index (χ2n) is 16.3. The Kier molecular flexibility index (Phi) is 7.17. The van der Waals surface area contributed by atoms with Crippen molar-refractivity contribution in [1.29, 1.82) is 0 Å². The minimum atomic E-state index is 0.311. The summed E-state index contributed by atoms with van der Waals surface area (Å²) in [4.78, 5) is 0. The molecular formula is C58H36O2. The summed E-state index contributed by atoms with van der Waals surface area (Å²) < 4.78 is 13.0. The topological polar surface area (TPSA) is 26.3 Å². The average Bonchev–Trinajstić information content (AvgIpc) is 3.89. The van der Waals surface area contributed by atoms with Gasteiger partial charge in [-0.25, -0.2) is 0 Å². The second-order valence-corrected chi connectivity index (χ2v) is 16.3. The smallest absolute Gasteiger partial charge is 0.136 e. The Morgan fingerprint density at radius 1 is 0.350 bits per heavy atom. The molecule has 0 spiro atoms. The minimum Gasteiger partial charge on any atom is -0.456 e. The molecule has 0 aliphatic heterocycles. The number of furan rings is 2. The van der Waals surface area contributed by atoms with E-state index in [9.17, 15) is 0 Å². The van der Waals surface area contributed by atoms with E-state index in [1.807, 2.05) is 0 Å². The molecule has 0 N–H and O–H groups in total. The predicted octanol–water partition coefficient (Wildman–Crippen LogP) is 16.3. The summed E-state index contributed by atoms with van der Waals surface area (Å²) in [5, 5.41) is 10.9. The Bertz CT molecular complexity index is 3620. The standard InChI is InChI=1S/C58H36O2/c1-3-17-43-35(11-1)25-29-51-57(43)49-27-23-39(33-53(49)59-51)37-13-9-15-41(31-37)55-45-19-5-7-21-47(45)56(48-22-8-6-20-46(48)55)42-16-10-14-38(32-42)40-24-28-50-54(34-40)60-52-30-26-36-12-2-4-18-44(36)58(50)52/h1-35,43H. The molecule has 13 rings (SSSR count). The van der Waals surface area contributed by atoms with Crippen molar-refractivity contribution >= 4 is 71.3 Å². The van der Waals surface area contributed by atoms with Gasteiger partial charge < -0.3 is 8.83 Å². The van der Waals surface area contributed by atoms with Crippen LogP contribution in [0.2, 0.25) is 0 Å². The van der Waals surface area contributed by atoms with Gasteiger partial charge >= 0.3 is 0 Å². The van der Waals surface area contributed by atoms with E-state index >= 15 is 0 Å². The van der Waals surface area contributed by atoms with Crippen LogP contribution in [0.15, 0.2) is 209 Å². The van der Waals surface area contributed by atoms with Crippen LogP contribution < -0.4 is 0 Å². The molecule has 0 fully saturated rings. The highest BCUT2D eigenvalue weighted by Gasteiger charge is 2.29. The van der Waals surface area contributed by atoms with Crippen LogP contribution in [-0.2, 0) is 0 Å². The first-order valence-corrected chi connectivity index (χ1v) is 20.8. The zero-order valence-electron chi connectivity index (χ0n) is 32.6. The predicted molar refractivity (Wildman–Crippen MR) is 251 cm³/mol. The van der Waals surface area contributed by atoms with Crippen LogP contribution in [0.5, 0.6) is 0 Å². The molecule has 2 unspecified atom stereocenters. The maximum Gasteiger partial charge on any atom is 0.136 e. The summed E-state index contributed by atoms with van der Waals surface area (Å²) in [6, 6.07) is 62.0. The van der Waals surface area contributed by atoms with E-state index < -0.39 is 0 Å². The Morgan fingerprint density at radius 2 is 0.900 bits per heavy atom. The zero-order chi connectivity index (χ0) is 39.3. The lowest BCUT2D eigenvalue weighted by Gasteiger charge is -2.24. The van der Waals surface area contributed by atoms with E-state index in [1.165, 1.54) is 70.9 Å². The Hall–Kier alpha value is -7.68. The van der Waals surface area contributed by atoms with Crippen molar-refractivity contribution in [2.75, 3.05) is 0 Å². The maximum absolute atomic E-state index is 6.52. The van der Waals surface area contributed by atoms with Gasteiger partial charge in [-0.2, -0.15) is 0 Å². The third-order valence-corrected chi connectivity index (χ3v) is 13.0. The summed E-state index contributed by atoms with van der Waals surface area (Å²) >= 11 is 0. The first-order chi connectivity index (χ1) is 29.7. The lowest BCUT2D eigenvalue weighted by Crippen LogP contribution is -2.12. The summed E-state index contributed by atoms with van der Waals surface area (Å²) in [5.74, 6) is 1.66. The van der Waals surface area contributed by atoms with Crippen molar-refractivity contribution in [3.05, 3.63) is 212 Å². The van der Waals surface area contributed by atoms with Gasteiger partial charge in [-0.1, -0.05) is 164 Å². The second kappa shape index (κ2) is 12.9. The maximum atomic E-state index is 6.52. The van der Waals surface area contributed by atoms with Gasteiger partial charge in [0.2, 0.25) is 0 Å². The fourth-order valence-electron chi connectivity index (χ4n) is 10.3. The zero-order valence-corrected chi connectivity index (χ0v) is 32.6. The first kappa shape index (κ1) is 33.3. The van der Waals surface area contributed by atoms with Crippen LogP contribution in [0.4, 0.5) is 0 Å². The van der Waals surface area contributed by atoms with Gasteiger partial charge in [-0.05, 0) is 119 Å². The Balaban J connectivity index is 0.927. The fourth-order valence-corrected chi connectivity index (χ4v) is 10.3. The molecule has 9 aromatic carbocycles. The van der Waals surface area contributed by atoms with Gasteiger partial charge in [0.25, 0.3) is 0 Å². The molecule has 2 heteroatoms. The summed E-state index contributed by atoms with van der Waals surface area (Å²) in [5.41, 5.74) is 13.5. The Morgan fingerprint density at radius 3 is 1.57 bits per heavy atom. The molecule has 11 aromatic rings. The normalized spacial score (nSPS) is 15.8. The van der Waals surface area contributed by atoms with E-state index in [1.54, 1.807) is 0 Å². The summed E-state index contributed by atoms with van der Waals surface area (Å²) in [6.45, 7) is 0. The largest absolute Gasteiger partial charge is 0.456 e. The van der Waals surface area contributed by atoms with Crippen LogP contribution in [0, 0.1) is 5.92 Å². The third-order valence-electron chi connectivity index (χ3n) is 13.0.